The number of imidazole rings is 1. The molecule has 0 saturated heterocycles. The van der Waals surface area contributed by atoms with Crippen molar-refractivity contribution in [2.75, 3.05) is 0 Å². The Kier molecular flexibility index (Phi) is 7.09. The van der Waals surface area contributed by atoms with E-state index in [1.165, 1.54) is 12.6 Å². The highest BCUT2D eigenvalue weighted by atomic mass is 19.2. The van der Waals surface area contributed by atoms with Gasteiger partial charge in [0.05, 0.1) is 11.0 Å². The Balaban J connectivity index is 1.64. The third kappa shape index (κ3) is 4.94. The predicted octanol–water partition coefficient (Wildman–Crippen LogP) is 5.36. The number of carbonyl (C=O) groups excluding carboxylic acids is 1. The molecule has 2 fully saturated rings. The number of aliphatic hydroxyl groups excluding tert-OH is 1. The second-order valence-electron chi connectivity index (χ2n) is 9.97. The van der Waals surface area contributed by atoms with Crippen LogP contribution in [0, 0.1) is 17.6 Å². The number of hydrogen-bond donors (Lipinski definition) is 2. The molecule has 2 heterocycles. The van der Waals surface area contributed by atoms with Gasteiger partial charge in [-0.2, -0.15) is 0 Å². The van der Waals surface area contributed by atoms with Crippen molar-refractivity contribution in [1.82, 2.24) is 19.9 Å². The zero-order valence-electron chi connectivity index (χ0n) is 19.8. The molecule has 186 valence electrons. The van der Waals surface area contributed by atoms with Gasteiger partial charge in [0, 0.05) is 36.1 Å². The number of carbonyl (C=O) groups is 1. The Bertz CT molecular complexity index is 1170. The molecule has 0 bridgehead atoms. The highest BCUT2D eigenvalue weighted by Gasteiger charge is 2.37. The molecule has 2 saturated carbocycles. The summed E-state index contributed by atoms with van der Waals surface area (Å²) in [5.74, 6) is -1.93. The lowest BCUT2D eigenvalue weighted by Crippen LogP contribution is -2.44. The van der Waals surface area contributed by atoms with Gasteiger partial charge >= 0.3 is 0 Å². The Morgan fingerprint density at radius 1 is 1.03 bits per heavy atom. The van der Waals surface area contributed by atoms with Crippen LogP contribution in [0.4, 0.5) is 8.78 Å². The molecule has 1 amide bonds. The fraction of sp³-hybridized carbons (Fsp3) is 0.519. The van der Waals surface area contributed by atoms with Crippen LogP contribution in [0.25, 0.3) is 11.0 Å². The van der Waals surface area contributed by atoms with Gasteiger partial charge in [0.25, 0.3) is 0 Å². The van der Waals surface area contributed by atoms with Gasteiger partial charge in [-0.25, -0.2) is 13.8 Å². The van der Waals surface area contributed by atoms with Crippen molar-refractivity contribution < 1.29 is 18.7 Å². The minimum absolute atomic E-state index is 0.0118. The standard InChI is InChI=1S/C27H32F2N4O2/c28-20-14-22-23(15-21(20)29)33(26(32-22)25(34)18-10-7-13-30-16-18)24(17-8-3-1-4-9-17)27(35)31-19-11-5-2-6-12-19/h7,10,13-17,19,24-25,34H,1-6,8-9,11-12H2,(H,31,35). The molecular formula is C27H32F2N4O2. The van der Waals surface area contributed by atoms with E-state index in [1.54, 1.807) is 22.9 Å². The number of nitrogens with one attached hydrogen (secondary N) is 1. The van der Waals surface area contributed by atoms with Crippen molar-refractivity contribution in [3.8, 4) is 0 Å². The highest BCUT2D eigenvalue weighted by molar-refractivity contribution is 5.85. The van der Waals surface area contributed by atoms with Crippen LogP contribution in [-0.4, -0.2) is 31.6 Å². The first-order valence-electron chi connectivity index (χ1n) is 12.8. The summed E-state index contributed by atoms with van der Waals surface area (Å²) in [5, 5.41) is 14.6. The molecule has 2 atom stereocenters. The molecule has 2 N–H and O–H groups in total. The molecule has 2 aromatic heterocycles. The molecular weight excluding hydrogens is 450 g/mol. The maximum absolute atomic E-state index is 14.5. The van der Waals surface area contributed by atoms with E-state index >= 15 is 0 Å². The second kappa shape index (κ2) is 10.4. The zero-order chi connectivity index (χ0) is 24.4. The maximum Gasteiger partial charge on any atom is 0.243 e. The van der Waals surface area contributed by atoms with Crippen molar-refractivity contribution in [3.05, 3.63) is 59.7 Å². The van der Waals surface area contributed by atoms with E-state index in [0.29, 0.717) is 11.1 Å². The fourth-order valence-electron chi connectivity index (χ4n) is 5.81. The number of benzene rings is 1. The summed E-state index contributed by atoms with van der Waals surface area (Å²) in [5.41, 5.74) is 1.03. The molecule has 35 heavy (non-hydrogen) atoms. The van der Waals surface area contributed by atoms with E-state index in [-0.39, 0.29) is 29.2 Å². The lowest BCUT2D eigenvalue weighted by molar-refractivity contribution is -0.127. The number of fused-ring (bicyclic) bond motifs is 1. The summed E-state index contributed by atoms with van der Waals surface area (Å²) >= 11 is 0. The van der Waals surface area contributed by atoms with Crippen LogP contribution in [0.2, 0.25) is 0 Å². The van der Waals surface area contributed by atoms with Crippen molar-refractivity contribution in [1.29, 1.82) is 0 Å². The minimum Gasteiger partial charge on any atom is -0.380 e. The van der Waals surface area contributed by atoms with Crippen LogP contribution < -0.4 is 5.32 Å². The van der Waals surface area contributed by atoms with E-state index in [1.807, 2.05) is 0 Å². The van der Waals surface area contributed by atoms with Gasteiger partial charge in [0.1, 0.15) is 18.0 Å². The van der Waals surface area contributed by atoms with Gasteiger partial charge < -0.3 is 15.0 Å². The molecule has 3 aromatic rings. The van der Waals surface area contributed by atoms with Gasteiger partial charge in [-0.3, -0.25) is 9.78 Å². The Hall–Kier alpha value is -2.87. The number of nitrogens with zero attached hydrogens (tertiary/aromatic N) is 3. The molecule has 0 radical (unpaired) electrons. The fourth-order valence-corrected chi connectivity index (χ4v) is 5.81. The summed E-state index contributed by atoms with van der Waals surface area (Å²) in [7, 11) is 0. The van der Waals surface area contributed by atoms with Crippen LogP contribution in [0.5, 0.6) is 0 Å². The first kappa shape index (κ1) is 23.9. The summed E-state index contributed by atoms with van der Waals surface area (Å²) in [4.78, 5) is 22.5. The van der Waals surface area contributed by atoms with E-state index in [4.69, 9.17) is 0 Å². The Morgan fingerprint density at radius 2 is 1.71 bits per heavy atom. The van der Waals surface area contributed by atoms with Crippen LogP contribution in [0.15, 0.2) is 36.7 Å². The first-order valence-corrected chi connectivity index (χ1v) is 12.8. The van der Waals surface area contributed by atoms with Gasteiger partial charge in [-0.05, 0) is 37.7 Å². The first-order chi connectivity index (χ1) is 17.0. The quantitative estimate of drug-likeness (QED) is 0.496. The monoisotopic (exact) mass is 482 g/mol. The SMILES string of the molecule is O=C(NC1CCCCC1)C(C1CCCCC1)n1c(C(O)c2cccnc2)nc2cc(F)c(F)cc21. The third-order valence-electron chi connectivity index (χ3n) is 7.60. The van der Waals surface area contributed by atoms with Crippen molar-refractivity contribution in [2.45, 2.75) is 82.4 Å². The highest BCUT2D eigenvalue weighted by Crippen LogP contribution is 2.38. The molecule has 8 heteroatoms. The smallest absolute Gasteiger partial charge is 0.243 e. The number of rotatable bonds is 6. The van der Waals surface area contributed by atoms with Crippen molar-refractivity contribution in [3.63, 3.8) is 0 Å². The Labute approximate surface area is 203 Å². The summed E-state index contributed by atoms with van der Waals surface area (Å²) in [6.45, 7) is 0. The average molecular weight is 483 g/mol. The largest absolute Gasteiger partial charge is 0.380 e. The maximum atomic E-state index is 14.5. The number of hydrogen-bond acceptors (Lipinski definition) is 4. The summed E-state index contributed by atoms with van der Waals surface area (Å²) < 4.78 is 30.3. The van der Waals surface area contributed by atoms with Crippen LogP contribution in [-0.2, 0) is 4.79 Å². The lowest BCUT2D eigenvalue weighted by atomic mass is 9.82. The van der Waals surface area contributed by atoms with Crippen LogP contribution >= 0.6 is 0 Å². The number of halogens is 2. The molecule has 6 nitrogen and oxygen atoms in total. The summed E-state index contributed by atoms with van der Waals surface area (Å²) in [6.07, 6.45) is 12.0. The second-order valence-corrected chi connectivity index (χ2v) is 9.97. The van der Waals surface area contributed by atoms with E-state index < -0.39 is 23.8 Å². The van der Waals surface area contributed by atoms with E-state index in [2.05, 4.69) is 15.3 Å². The van der Waals surface area contributed by atoms with Crippen LogP contribution in [0.1, 0.15) is 87.7 Å². The van der Waals surface area contributed by atoms with E-state index in [9.17, 15) is 18.7 Å². The molecule has 2 unspecified atom stereocenters. The average Bonchev–Trinajstić information content (AvgIpc) is 3.23. The third-order valence-corrected chi connectivity index (χ3v) is 7.60. The number of aromatic nitrogens is 3. The Morgan fingerprint density at radius 3 is 2.40 bits per heavy atom. The minimum atomic E-state index is -1.20. The molecule has 5 rings (SSSR count). The van der Waals surface area contributed by atoms with Gasteiger partial charge in [0.15, 0.2) is 11.6 Å². The predicted molar refractivity (Wildman–Crippen MR) is 129 cm³/mol. The zero-order valence-corrected chi connectivity index (χ0v) is 19.8. The molecule has 0 aliphatic heterocycles. The summed E-state index contributed by atoms with van der Waals surface area (Å²) in [6, 6.07) is 5.00. The van der Waals surface area contributed by atoms with Crippen molar-refractivity contribution in [2.24, 2.45) is 5.92 Å². The van der Waals surface area contributed by atoms with Gasteiger partial charge in [0.2, 0.25) is 5.91 Å². The topological polar surface area (TPSA) is 80.0 Å². The molecule has 2 aliphatic rings. The van der Waals surface area contributed by atoms with Crippen LogP contribution in [0.3, 0.4) is 0 Å². The molecule has 0 spiro atoms. The number of pyridine rings is 1. The van der Waals surface area contributed by atoms with Crippen molar-refractivity contribution >= 4 is 16.9 Å². The number of amides is 1. The van der Waals surface area contributed by atoms with Gasteiger partial charge in [-0.1, -0.05) is 44.6 Å². The normalized spacial score (nSPS) is 19.5. The molecule has 2 aliphatic carbocycles. The van der Waals surface area contributed by atoms with E-state index in [0.717, 1.165) is 69.9 Å². The lowest BCUT2D eigenvalue weighted by Gasteiger charge is -2.34. The number of aliphatic hydroxyl groups is 1. The molecule has 1 aromatic carbocycles. The van der Waals surface area contributed by atoms with Gasteiger partial charge in [-0.15, -0.1) is 0 Å².